The van der Waals surface area contributed by atoms with Gasteiger partial charge < -0.3 is 5.73 Å². The lowest BCUT2D eigenvalue weighted by atomic mass is 9.72. The van der Waals surface area contributed by atoms with Crippen LogP contribution in [0.1, 0.15) is 36.8 Å². The summed E-state index contributed by atoms with van der Waals surface area (Å²) in [6.45, 7) is 0. The third-order valence-electron chi connectivity index (χ3n) is 3.06. The lowest BCUT2D eigenvalue weighted by Crippen LogP contribution is -2.43. The van der Waals surface area contributed by atoms with Crippen LogP contribution in [0.5, 0.6) is 0 Å². The number of hydrogen-bond donors (Lipinski definition) is 1. The van der Waals surface area contributed by atoms with Gasteiger partial charge in [-0.3, -0.25) is 0 Å². The maximum Gasteiger partial charge on any atom is 0.266 e. The Balaban J connectivity index is 2.33. The molecule has 0 bridgehead atoms. The molecule has 1 saturated carbocycles. The summed E-state index contributed by atoms with van der Waals surface area (Å²) in [6.07, 6.45) is -0.176. The normalized spacial score (nSPS) is 19.0. The van der Waals surface area contributed by atoms with Crippen molar-refractivity contribution in [2.24, 2.45) is 5.73 Å². The lowest BCUT2D eigenvalue weighted by Gasteiger charge is -2.38. The highest BCUT2D eigenvalue weighted by Crippen LogP contribution is 2.39. The molecular weight excluding hydrogens is 203 g/mol. The summed E-state index contributed by atoms with van der Waals surface area (Å²) in [6, 6.07) is 3.77. The molecule has 1 aliphatic carbocycles. The van der Waals surface area contributed by atoms with Gasteiger partial charge in [0, 0.05) is 5.54 Å². The molecule has 1 aromatic carbocycles. The van der Waals surface area contributed by atoms with Gasteiger partial charge in [-0.05, 0) is 30.9 Å². The molecule has 1 aromatic rings. The van der Waals surface area contributed by atoms with E-state index >= 15 is 0 Å². The van der Waals surface area contributed by atoms with Crippen molar-refractivity contribution >= 4 is 0 Å². The zero-order valence-electron chi connectivity index (χ0n) is 8.14. The average Bonchev–Trinajstić information content (AvgIpc) is 2.13. The molecule has 0 unspecified atom stereocenters. The van der Waals surface area contributed by atoms with Gasteiger partial charge in [0.2, 0.25) is 0 Å². The molecule has 0 aliphatic heterocycles. The van der Waals surface area contributed by atoms with Crippen LogP contribution in [0.4, 0.5) is 13.2 Å². The van der Waals surface area contributed by atoms with Crippen molar-refractivity contribution < 1.29 is 13.2 Å². The predicted octanol–water partition coefficient (Wildman–Crippen LogP) is 3.10. The average molecular weight is 215 g/mol. The standard InChI is InChI=1S/C11H12F3N/c12-9-6-7(11(15)4-1-5-11)2-3-8(9)10(13)14/h2-3,6,10H,1,4-5,15H2. The van der Waals surface area contributed by atoms with E-state index in [9.17, 15) is 13.2 Å². The Labute approximate surface area is 86.1 Å². The SMILES string of the molecule is NC1(c2ccc(C(F)F)c(F)c2)CCC1. The smallest absolute Gasteiger partial charge is 0.266 e. The maximum atomic E-state index is 13.3. The minimum atomic E-state index is -2.77. The molecule has 0 radical (unpaired) electrons. The van der Waals surface area contributed by atoms with Crippen LogP contribution in [0, 0.1) is 5.82 Å². The van der Waals surface area contributed by atoms with Crippen LogP contribution in [-0.4, -0.2) is 0 Å². The van der Waals surface area contributed by atoms with Gasteiger partial charge in [0.25, 0.3) is 6.43 Å². The van der Waals surface area contributed by atoms with Crippen molar-refractivity contribution in [2.75, 3.05) is 0 Å². The number of hydrogen-bond acceptors (Lipinski definition) is 1. The van der Waals surface area contributed by atoms with Gasteiger partial charge in [0.15, 0.2) is 0 Å². The Morgan fingerprint density at radius 1 is 1.27 bits per heavy atom. The van der Waals surface area contributed by atoms with E-state index in [-0.39, 0.29) is 0 Å². The summed E-state index contributed by atoms with van der Waals surface area (Å²) in [5, 5.41) is 0. The van der Waals surface area contributed by atoms with E-state index in [2.05, 4.69) is 0 Å². The number of nitrogens with two attached hydrogens (primary N) is 1. The monoisotopic (exact) mass is 215 g/mol. The van der Waals surface area contributed by atoms with Crippen LogP contribution in [0.25, 0.3) is 0 Å². The molecule has 1 aliphatic rings. The summed E-state index contributed by atoms with van der Waals surface area (Å²) in [5.74, 6) is -0.862. The van der Waals surface area contributed by atoms with E-state index in [0.717, 1.165) is 31.4 Å². The molecule has 0 aromatic heterocycles. The van der Waals surface area contributed by atoms with Gasteiger partial charge in [-0.1, -0.05) is 12.1 Å². The largest absolute Gasteiger partial charge is 0.321 e. The zero-order valence-corrected chi connectivity index (χ0v) is 8.14. The molecule has 2 N–H and O–H groups in total. The third-order valence-corrected chi connectivity index (χ3v) is 3.06. The molecule has 2 rings (SSSR count). The number of alkyl halides is 2. The fourth-order valence-electron chi connectivity index (χ4n) is 1.86. The van der Waals surface area contributed by atoms with E-state index in [4.69, 9.17) is 5.73 Å². The first-order valence-corrected chi connectivity index (χ1v) is 4.90. The highest BCUT2D eigenvalue weighted by Gasteiger charge is 2.34. The Kier molecular flexibility index (Phi) is 2.46. The molecule has 0 saturated heterocycles. The molecule has 1 nitrogen and oxygen atoms in total. The van der Waals surface area contributed by atoms with Crippen molar-refractivity contribution in [1.82, 2.24) is 0 Å². The van der Waals surface area contributed by atoms with Crippen LogP contribution in [0.2, 0.25) is 0 Å². The molecule has 0 spiro atoms. The quantitative estimate of drug-likeness (QED) is 0.806. The highest BCUT2D eigenvalue weighted by molar-refractivity contribution is 5.31. The van der Waals surface area contributed by atoms with Gasteiger partial charge in [-0.15, -0.1) is 0 Å². The van der Waals surface area contributed by atoms with Gasteiger partial charge >= 0.3 is 0 Å². The topological polar surface area (TPSA) is 26.0 Å². The molecule has 1 fully saturated rings. The van der Waals surface area contributed by atoms with Crippen LogP contribution in [-0.2, 0) is 5.54 Å². The van der Waals surface area contributed by atoms with E-state index in [1.54, 1.807) is 0 Å². The second kappa shape index (κ2) is 3.52. The Morgan fingerprint density at radius 2 is 1.93 bits per heavy atom. The second-order valence-electron chi connectivity index (χ2n) is 4.05. The minimum absolute atomic E-state index is 0.499. The molecule has 0 heterocycles. The van der Waals surface area contributed by atoms with Gasteiger partial charge in [-0.2, -0.15) is 0 Å². The van der Waals surface area contributed by atoms with Gasteiger partial charge in [0.1, 0.15) is 5.82 Å². The van der Waals surface area contributed by atoms with Crippen LogP contribution >= 0.6 is 0 Å². The zero-order chi connectivity index (χ0) is 11.1. The van der Waals surface area contributed by atoms with E-state index in [1.165, 1.54) is 6.07 Å². The van der Waals surface area contributed by atoms with Crippen molar-refractivity contribution in [3.63, 3.8) is 0 Å². The fourth-order valence-corrected chi connectivity index (χ4v) is 1.86. The molecule has 0 atom stereocenters. The summed E-state index contributed by atoms with van der Waals surface area (Å²) in [7, 11) is 0. The predicted molar refractivity (Wildman–Crippen MR) is 51.1 cm³/mol. The molecule has 0 amide bonds. The first kappa shape index (κ1) is 10.5. The van der Waals surface area contributed by atoms with Crippen molar-refractivity contribution in [3.05, 3.63) is 35.1 Å². The third kappa shape index (κ3) is 1.74. The van der Waals surface area contributed by atoms with E-state index in [1.807, 2.05) is 0 Å². The summed E-state index contributed by atoms with van der Waals surface area (Å²) in [5.41, 5.74) is 5.53. The van der Waals surface area contributed by atoms with Crippen molar-refractivity contribution in [1.29, 1.82) is 0 Å². The van der Waals surface area contributed by atoms with Crippen LogP contribution < -0.4 is 5.73 Å². The minimum Gasteiger partial charge on any atom is -0.321 e. The summed E-state index contributed by atoms with van der Waals surface area (Å²) in [4.78, 5) is 0. The summed E-state index contributed by atoms with van der Waals surface area (Å²) < 4.78 is 37.8. The van der Waals surface area contributed by atoms with E-state index in [0.29, 0.717) is 5.56 Å². The van der Waals surface area contributed by atoms with Crippen LogP contribution in [0.3, 0.4) is 0 Å². The Hall–Kier alpha value is -1.03. The Morgan fingerprint density at radius 3 is 2.33 bits per heavy atom. The van der Waals surface area contributed by atoms with E-state index < -0.39 is 23.3 Å². The number of benzene rings is 1. The van der Waals surface area contributed by atoms with Crippen molar-refractivity contribution in [2.45, 2.75) is 31.2 Å². The lowest BCUT2D eigenvalue weighted by molar-refractivity contribution is 0.146. The molecule has 82 valence electrons. The highest BCUT2D eigenvalue weighted by atomic mass is 19.3. The summed E-state index contributed by atoms with van der Waals surface area (Å²) >= 11 is 0. The van der Waals surface area contributed by atoms with Gasteiger partial charge in [-0.25, -0.2) is 13.2 Å². The number of rotatable bonds is 2. The van der Waals surface area contributed by atoms with Gasteiger partial charge in [0.05, 0.1) is 5.56 Å². The first-order valence-electron chi connectivity index (χ1n) is 4.90. The first-order chi connectivity index (χ1) is 7.03. The molecule has 15 heavy (non-hydrogen) atoms. The number of halogens is 3. The van der Waals surface area contributed by atoms with Crippen molar-refractivity contribution in [3.8, 4) is 0 Å². The molecular formula is C11H12F3N. The Bertz CT molecular complexity index is 372. The fraction of sp³-hybridized carbons (Fsp3) is 0.455. The maximum absolute atomic E-state index is 13.3. The molecule has 4 heteroatoms. The second-order valence-corrected chi connectivity index (χ2v) is 4.05. The van der Waals surface area contributed by atoms with Crippen LogP contribution in [0.15, 0.2) is 18.2 Å².